The van der Waals surface area contributed by atoms with Crippen LogP contribution in [0.15, 0.2) is 53.4 Å². The number of sulfonamides is 1. The Hall–Kier alpha value is -1.92. The molecule has 1 aliphatic heterocycles. The first-order valence-electron chi connectivity index (χ1n) is 6.64. The molecule has 2 aromatic carbocycles. The first kappa shape index (κ1) is 14.0. The molecule has 0 saturated carbocycles. The Bertz CT molecular complexity index is 762. The maximum Gasteiger partial charge on any atom is 0.240 e. The summed E-state index contributed by atoms with van der Waals surface area (Å²) >= 11 is 0. The third-order valence-electron chi connectivity index (χ3n) is 3.45. The standard InChI is InChI=1S/C15H15FN2O2S/c16-12-5-3-6-14(9-12)21(19,20)18-13-8-11-4-1-2-7-15(11)17-10-13/h1-7,9,13,17-18H,8,10H2. The van der Waals surface area contributed by atoms with Crippen molar-refractivity contribution in [3.05, 3.63) is 59.9 Å². The van der Waals surface area contributed by atoms with Crippen molar-refractivity contribution >= 4 is 15.7 Å². The van der Waals surface area contributed by atoms with Crippen molar-refractivity contribution in [2.75, 3.05) is 11.9 Å². The molecule has 110 valence electrons. The van der Waals surface area contributed by atoms with Gasteiger partial charge in [0, 0.05) is 18.3 Å². The SMILES string of the molecule is O=S(=O)(NC1CNc2ccccc2C1)c1cccc(F)c1. The van der Waals surface area contributed by atoms with Crippen molar-refractivity contribution < 1.29 is 12.8 Å². The van der Waals surface area contributed by atoms with E-state index in [1.807, 2.05) is 24.3 Å². The molecule has 1 aliphatic rings. The van der Waals surface area contributed by atoms with Gasteiger partial charge in [0.2, 0.25) is 10.0 Å². The lowest BCUT2D eigenvalue weighted by atomic mass is 10.0. The molecule has 6 heteroatoms. The summed E-state index contributed by atoms with van der Waals surface area (Å²) in [6.07, 6.45) is 0.609. The van der Waals surface area contributed by atoms with E-state index in [-0.39, 0.29) is 10.9 Å². The van der Waals surface area contributed by atoms with Crippen molar-refractivity contribution in [3.63, 3.8) is 0 Å². The molecule has 3 rings (SSSR count). The van der Waals surface area contributed by atoms with Crippen molar-refractivity contribution in [3.8, 4) is 0 Å². The zero-order valence-corrected chi connectivity index (χ0v) is 12.0. The van der Waals surface area contributed by atoms with E-state index < -0.39 is 15.8 Å². The van der Waals surface area contributed by atoms with E-state index in [0.29, 0.717) is 13.0 Å². The summed E-state index contributed by atoms with van der Waals surface area (Å²) in [5, 5.41) is 3.20. The number of rotatable bonds is 3. The molecular formula is C15H15FN2O2S. The maximum atomic E-state index is 13.2. The van der Waals surface area contributed by atoms with Gasteiger partial charge in [0.25, 0.3) is 0 Å². The predicted molar refractivity (Wildman–Crippen MR) is 79.1 cm³/mol. The number of nitrogens with one attached hydrogen (secondary N) is 2. The summed E-state index contributed by atoms with van der Waals surface area (Å²) in [7, 11) is -3.71. The minimum atomic E-state index is -3.71. The summed E-state index contributed by atoms with van der Waals surface area (Å²) in [6, 6.07) is 12.5. The summed E-state index contributed by atoms with van der Waals surface area (Å²) in [6.45, 7) is 0.506. The van der Waals surface area contributed by atoms with Crippen molar-refractivity contribution in [2.24, 2.45) is 0 Å². The Labute approximate surface area is 123 Å². The molecule has 0 fully saturated rings. The Morgan fingerprint density at radius 2 is 1.95 bits per heavy atom. The fraction of sp³-hybridized carbons (Fsp3) is 0.200. The van der Waals surface area contributed by atoms with Crippen LogP contribution in [0.5, 0.6) is 0 Å². The first-order chi connectivity index (χ1) is 10.0. The van der Waals surface area contributed by atoms with Gasteiger partial charge in [-0.2, -0.15) is 0 Å². The second-order valence-electron chi connectivity index (χ2n) is 5.02. The molecule has 2 aromatic rings. The van der Waals surface area contributed by atoms with Crippen LogP contribution in [0.1, 0.15) is 5.56 Å². The molecule has 0 spiro atoms. The van der Waals surface area contributed by atoms with Gasteiger partial charge >= 0.3 is 0 Å². The van der Waals surface area contributed by atoms with E-state index in [9.17, 15) is 12.8 Å². The molecule has 0 aromatic heterocycles. The minimum Gasteiger partial charge on any atom is -0.383 e. The molecule has 0 saturated heterocycles. The van der Waals surface area contributed by atoms with Gasteiger partial charge in [-0.05, 0) is 36.2 Å². The normalized spacial score (nSPS) is 17.9. The summed E-state index contributed by atoms with van der Waals surface area (Å²) in [5.41, 5.74) is 2.09. The van der Waals surface area contributed by atoms with E-state index in [0.717, 1.165) is 17.3 Å². The van der Waals surface area contributed by atoms with Crippen LogP contribution in [0, 0.1) is 5.82 Å². The monoisotopic (exact) mass is 306 g/mol. The summed E-state index contributed by atoms with van der Waals surface area (Å²) in [4.78, 5) is -0.0543. The van der Waals surface area contributed by atoms with Crippen molar-refractivity contribution in [1.82, 2.24) is 4.72 Å². The van der Waals surface area contributed by atoms with Gasteiger partial charge in [-0.3, -0.25) is 0 Å². The van der Waals surface area contributed by atoms with Gasteiger partial charge in [0.15, 0.2) is 0 Å². The molecule has 1 atom stereocenters. The van der Waals surface area contributed by atoms with Crippen LogP contribution in [0.25, 0.3) is 0 Å². The number of benzene rings is 2. The fourth-order valence-corrected chi connectivity index (χ4v) is 3.71. The Balaban J connectivity index is 1.78. The highest BCUT2D eigenvalue weighted by molar-refractivity contribution is 7.89. The molecule has 0 bridgehead atoms. The van der Waals surface area contributed by atoms with Crippen LogP contribution in [0.2, 0.25) is 0 Å². The first-order valence-corrected chi connectivity index (χ1v) is 8.12. The number of anilines is 1. The van der Waals surface area contributed by atoms with E-state index in [1.54, 1.807) is 0 Å². The van der Waals surface area contributed by atoms with Gasteiger partial charge in [0.1, 0.15) is 5.82 Å². The highest BCUT2D eigenvalue weighted by Gasteiger charge is 2.24. The lowest BCUT2D eigenvalue weighted by Gasteiger charge is -2.26. The topological polar surface area (TPSA) is 58.2 Å². The maximum absolute atomic E-state index is 13.2. The van der Waals surface area contributed by atoms with E-state index in [4.69, 9.17) is 0 Å². The Morgan fingerprint density at radius 1 is 1.14 bits per heavy atom. The highest BCUT2D eigenvalue weighted by Crippen LogP contribution is 2.22. The molecule has 21 heavy (non-hydrogen) atoms. The van der Waals surface area contributed by atoms with Crippen LogP contribution >= 0.6 is 0 Å². The molecule has 1 heterocycles. The molecule has 0 radical (unpaired) electrons. The van der Waals surface area contributed by atoms with Crippen molar-refractivity contribution in [1.29, 1.82) is 0 Å². The van der Waals surface area contributed by atoms with Crippen LogP contribution in [-0.2, 0) is 16.4 Å². The molecular weight excluding hydrogens is 291 g/mol. The zero-order valence-electron chi connectivity index (χ0n) is 11.2. The Morgan fingerprint density at radius 3 is 2.76 bits per heavy atom. The van der Waals surface area contributed by atoms with Crippen LogP contribution in [-0.4, -0.2) is 21.0 Å². The lowest BCUT2D eigenvalue weighted by Crippen LogP contribution is -2.43. The smallest absolute Gasteiger partial charge is 0.240 e. The van der Waals surface area contributed by atoms with Gasteiger partial charge < -0.3 is 5.32 Å². The largest absolute Gasteiger partial charge is 0.383 e. The average Bonchev–Trinajstić information content (AvgIpc) is 2.47. The van der Waals surface area contributed by atoms with E-state index >= 15 is 0 Å². The number of hydrogen-bond donors (Lipinski definition) is 2. The average molecular weight is 306 g/mol. The number of halogens is 1. The summed E-state index contributed by atoms with van der Waals surface area (Å²) in [5.74, 6) is -0.565. The predicted octanol–water partition coefficient (Wildman–Crippen LogP) is 2.14. The highest BCUT2D eigenvalue weighted by atomic mass is 32.2. The molecule has 0 amide bonds. The summed E-state index contributed by atoms with van der Waals surface area (Å²) < 4.78 is 40.3. The molecule has 0 aliphatic carbocycles. The molecule has 1 unspecified atom stereocenters. The van der Waals surface area contributed by atoms with Crippen LogP contribution in [0.4, 0.5) is 10.1 Å². The minimum absolute atomic E-state index is 0.0543. The van der Waals surface area contributed by atoms with E-state index in [1.165, 1.54) is 18.2 Å². The number of hydrogen-bond acceptors (Lipinski definition) is 3. The van der Waals surface area contributed by atoms with Crippen molar-refractivity contribution in [2.45, 2.75) is 17.4 Å². The second kappa shape index (κ2) is 5.46. The van der Waals surface area contributed by atoms with Crippen LogP contribution in [0.3, 0.4) is 0 Å². The molecule has 4 nitrogen and oxygen atoms in total. The number of para-hydroxylation sites is 1. The zero-order chi connectivity index (χ0) is 14.9. The van der Waals surface area contributed by atoms with Gasteiger partial charge in [0.05, 0.1) is 4.90 Å². The Kier molecular flexibility index (Phi) is 3.65. The third kappa shape index (κ3) is 3.06. The lowest BCUT2D eigenvalue weighted by molar-refractivity contribution is 0.547. The second-order valence-corrected chi connectivity index (χ2v) is 6.73. The van der Waals surface area contributed by atoms with Gasteiger partial charge in [-0.15, -0.1) is 0 Å². The van der Waals surface area contributed by atoms with Gasteiger partial charge in [-0.1, -0.05) is 24.3 Å². The quantitative estimate of drug-likeness (QED) is 0.913. The van der Waals surface area contributed by atoms with Crippen LogP contribution < -0.4 is 10.0 Å². The van der Waals surface area contributed by atoms with E-state index in [2.05, 4.69) is 10.0 Å². The fourth-order valence-electron chi connectivity index (χ4n) is 2.45. The molecule has 2 N–H and O–H groups in total. The third-order valence-corrected chi connectivity index (χ3v) is 4.97. The van der Waals surface area contributed by atoms with Gasteiger partial charge in [-0.25, -0.2) is 17.5 Å². The number of fused-ring (bicyclic) bond motifs is 1.